The first kappa shape index (κ1) is 20.0. The fraction of sp³-hybridized carbons (Fsp3) is 0.400. The van der Waals surface area contributed by atoms with Gasteiger partial charge in [0.05, 0.1) is 6.54 Å². The maximum atomic E-state index is 12.3. The van der Waals surface area contributed by atoms with Crippen molar-refractivity contribution in [1.82, 2.24) is 19.9 Å². The van der Waals surface area contributed by atoms with Gasteiger partial charge in [-0.3, -0.25) is 9.59 Å². The number of benzene rings is 1. The predicted octanol–water partition coefficient (Wildman–Crippen LogP) is 2.46. The van der Waals surface area contributed by atoms with Crippen LogP contribution in [0.15, 0.2) is 41.2 Å². The van der Waals surface area contributed by atoms with Crippen LogP contribution in [-0.2, 0) is 11.2 Å². The number of nitrogens with one attached hydrogen (secondary N) is 1. The molecule has 0 aliphatic rings. The van der Waals surface area contributed by atoms with Crippen molar-refractivity contribution < 1.29 is 4.79 Å². The fourth-order valence-electron chi connectivity index (χ4n) is 2.89. The Hall–Kier alpha value is -2.74. The topological polar surface area (TPSA) is 79.6 Å². The SMILES string of the molecule is CCCc1cc(=O)n2nc(N(C)CC(=O)NCC(C)c3ccccc3)sc2n1. The minimum absolute atomic E-state index is 0.0866. The molecule has 0 saturated carbocycles. The third kappa shape index (κ3) is 4.75. The molecule has 0 bridgehead atoms. The molecule has 7 nitrogen and oxygen atoms in total. The normalized spacial score (nSPS) is 12.1. The first-order chi connectivity index (χ1) is 13.5. The standard InChI is InChI=1S/C20H25N5O2S/c1-4-8-16-11-18(27)25-19(22-16)28-20(23-25)24(3)13-17(26)21-12-14(2)15-9-6-5-7-10-15/h5-7,9-11,14H,4,8,12-13H2,1-3H3,(H,21,26). The summed E-state index contributed by atoms with van der Waals surface area (Å²) in [6.07, 6.45) is 1.69. The molecule has 3 rings (SSSR count). The van der Waals surface area contributed by atoms with Crippen LogP contribution in [0.2, 0.25) is 0 Å². The number of hydrogen-bond acceptors (Lipinski definition) is 6. The fourth-order valence-corrected chi connectivity index (χ4v) is 3.78. The van der Waals surface area contributed by atoms with E-state index in [1.807, 2.05) is 25.1 Å². The minimum Gasteiger partial charge on any atom is -0.354 e. The zero-order valence-corrected chi connectivity index (χ0v) is 17.2. The van der Waals surface area contributed by atoms with Gasteiger partial charge in [-0.25, -0.2) is 4.98 Å². The number of nitrogens with zero attached hydrogens (tertiary/aromatic N) is 4. The van der Waals surface area contributed by atoms with E-state index >= 15 is 0 Å². The molecule has 0 aliphatic carbocycles. The maximum Gasteiger partial charge on any atom is 0.275 e. The second-order valence-electron chi connectivity index (χ2n) is 6.89. The van der Waals surface area contributed by atoms with E-state index in [4.69, 9.17) is 0 Å². The third-order valence-corrected chi connectivity index (χ3v) is 5.50. The summed E-state index contributed by atoms with van der Waals surface area (Å²) in [4.78, 5) is 31.3. The average molecular weight is 400 g/mol. The van der Waals surface area contributed by atoms with Gasteiger partial charge in [-0.1, -0.05) is 61.9 Å². The lowest BCUT2D eigenvalue weighted by Gasteiger charge is -2.17. The van der Waals surface area contributed by atoms with Gasteiger partial charge in [0.1, 0.15) is 0 Å². The Kier molecular flexibility index (Phi) is 6.41. The molecule has 2 heterocycles. The second-order valence-corrected chi connectivity index (χ2v) is 7.82. The van der Waals surface area contributed by atoms with E-state index in [-0.39, 0.29) is 23.9 Å². The van der Waals surface area contributed by atoms with Crippen molar-refractivity contribution in [2.75, 3.05) is 25.0 Å². The van der Waals surface area contributed by atoms with E-state index in [0.29, 0.717) is 16.6 Å². The van der Waals surface area contributed by atoms with Crippen LogP contribution in [0.4, 0.5) is 5.13 Å². The lowest BCUT2D eigenvalue weighted by molar-refractivity contribution is -0.119. The van der Waals surface area contributed by atoms with Crippen LogP contribution < -0.4 is 15.8 Å². The van der Waals surface area contributed by atoms with Gasteiger partial charge >= 0.3 is 0 Å². The molecule has 0 radical (unpaired) electrons. The van der Waals surface area contributed by atoms with Crippen molar-refractivity contribution in [3.05, 3.63) is 58.0 Å². The molecule has 3 aromatic rings. The van der Waals surface area contributed by atoms with E-state index in [1.54, 1.807) is 11.9 Å². The van der Waals surface area contributed by atoms with Crippen LogP contribution in [0.25, 0.3) is 4.96 Å². The first-order valence-electron chi connectivity index (χ1n) is 9.40. The Balaban J connectivity index is 1.62. The molecule has 1 unspecified atom stereocenters. The molecular formula is C20H25N5O2S. The van der Waals surface area contributed by atoms with Crippen molar-refractivity contribution in [3.63, 3.8) is 0 Å². The summed E-state index contributed by atoms with van der Waals surface area (Å²) in [5.74, 6) is 0.147. The molecule has 1 aromatic carbocycles. The number of hydrogen-bond donors (Lipinski definition) is 1. The zero-order valence-electron chi connectivity index (χ0n) is 16.4. The maximum absolute atomic E-state index is 12.3. The van der Waals surface area contributed by atoms with Gasteiger partial charge in [0.25, 0.3) is 5.56 Å². The number of likely N-dealkylation sites (N-methyl/N-ethyl adjacent to an activating group) is 1. The number of fused-ring (bicyclic) bond motifs is 1. The molecule has 0 fully saturated rings. The number of amides is 1. The van der Waals surface area contributed by atoms with Crippen LogP contribution in [-0.4, -0.2) is 40.6 Å². The van der Waals surface area contributed by atoms with Gasteiger partial charge in [-0.2, -0.15) is 4.52 Å². The quantitative estimate of drug-likeness (QED) is 0.629. The largest absolute Gasteiger partial charge is 0.354 e. The Bertz CT molecular complexity index is 999. The second kappa shape index (κ2) is 8.97. The number of anilines is 1. The van der Waals surface area contributed by atoms with Crippen LogP contribution in [0.1, 0.15) is 37.4 Å². The van der Waals surface area contributed by atoms with Gasteiger partial charge in [0, 0.05) is 25.4 Å². The van der Waals surface area contributed by atoms with Crippen molar-refractivity contribution in [2.45, 2.75) is 32.6 Å². The number of rotatable bonds is 8. The molecule has 1 N–H and O–H groups in total. The van der Waals surface area contributed by atoms with Crippen LogP contribution in [0, 0.1) is 0 Å². The van der Waals surface area contributed by atoms with E-state index in [9.17, 15) is 9.59 Å². The molecule has 8 heteroatoms. The van der Waals surface area contributed by atoms with E-state index in [2.05, 4.69) is 34.5 Å². The van der Waals surface area contributed by atoms with Gasteiger partial charge < -0.3 is 10.2 Å². The molecule has 148 valence electrons. The highest BCUT2D eigenvalue weighted by Gasteiger charge is 2.15. The molecule has 0 aliphatic heterocycles. The summed E-state index contributed by atoms with van der Waals surface area (Å²) in [6, 6.07) is 11.6. The highest BCUT2D eigenvalue weighted by atomic mass is 32.1. The summed E-state index contributed by atoms with van der Waals surface area (Å²) in [7, 11) is 1.79. The first-order valence-corrected chi connectivity index (χ1v) is 10.2. The summed E-state index contributed by atoms with van der Waals surface area (Å²) >= 11 is 1.31. The van der Waals surface area contributed by atoms with E-state index < -0.39 is 0 Å². The lowest BCUT2D eigenvalue weighted by atomic mass is 10.0. The lowest BCUT2D eigenvalue weighted by Crippen LogP contribution is -2.36. The summed E-state index contributed by atoms with van der Waals surface area (Å²) < 4.78 is 1.30. The molecular weight excluding hydrogens is 374 g/mol. The third-order valence-electron chi connectivity index (χ3n) is 4.47. The molecule has 1 atom stereocenters. The van der Waals surface area contributed by atoms with Crippen LogP contribution in [0.5, 0.6) is 0 Å². The highest BCUT2D eigenvalue weighted by Crippen LogP contribution is 2.20. The van der Waals surface area contributed by atoms with Crippen molar-refractivity contribution >= 4 is 27.3 Å². The van der Waals surface area contributed by atoms with Gasteiger partial charge in [-0.15, -0.1) is 5.10 Å². The molecule has 0 saturated heterocycles. The predicted molar refractivity (Wildman–Crippen MR) is 112 cm³/mol. The Labute approximate surface area is 168 Å². The Morgan fingerprint density at radius 3 is 2.79 bits per heavy atom. The van der Waals surface area contributed by atoms with Crippen LogP contribution >= 0.6 is 11.3 Å². The summed E-state index contributed by atoms with van der Waals surface area (Å²) in [6.45, 7) is 4.86. The number of aryl methyl sites for hydroxylation is 1. The number of carbonyl (C=O) groups is 1. The summed E-state index contributed by atoms with van der Waals surface area (Å²) in [5.41, 5.74) is 1.78. The van der Waals surface area contributed by atoms with Gasteiger partial charge in [0.15, 0.2) is 0 Å². The average Bonchev–Trinajstić information content (AvgIpc) is 3.12. The Morgan fingerprint density at radius 1 is 1.32 bits per heavy atom. The zero-order chi connectivity index (χ0) is 20.1. The van der Waals surface area contributed by atoms with Gasteiger partial charge in [0.2, 0.25) is 16.0 Å². The molecule has 1 amide bonds. The van der Waals surface area contributed by atoms with Gasteiger partial charge in [-0.05, 0) is 17.9 Å². The smallest absolute Gasteiger partial charge is 0.275 e. The molecule has 2 aromatic heterocycles. The van der Waals surface area contributed by atoms with E-state index in [1.165, 1.54) is 27.5 Å². The highest BCUT2D eigenvalue weighted by molar-refractivity contribution is 7.20. The van der Waals surface area contributed by atoms with E-state index in [0.717, 1.165) is 18.5 Å². The minimum atomic E-state index is -0.189. The monoisotopic (exact) mass is 399 g/mol. The number of aromatic nitrogens is 3. The molecule has 28 heavy (non-hydrogen) atoms. The Morgan fingerprint density at radius 2 is 2.07 bits per heavy atom. The van der Waals surface area contributed by atoms with Crippen molar-refractivity contribution in [3.8, 4) is 0 Å². The van der Waals surface area contributed by atoms with Crippen molar-refractivity contribution in [2.24, 2.45) is 0 Å². The summed E-state index contributed by atoms with van der Waals surface area (Å²) in [5, 5.41) is 7.87. The number of carbonyl (C=O) groups excluding carboxylic acids is 1. The van der Waals surface area contributed by atoms with Crippen LogP contribution in [0.3, 0.4) is 0 Å². The molecule has 0 spiro atoms. The van der Waals surface area contributed by atoms with Crippen molar-refractivity contribution in [1.29, 1.82) is 0 Å².